The van der Waals surface area contributed by atoms with Gasteiger partial charge in [0.25, 0.3) is 0 Å². The van der Waals surface area contributed by atoms with Gasteiger partial charge in [-0.05, 0) is 33.6 Å². The molecule has 0 aliphatic carbocycles. The first-order valence-electron chi connectivity index (χ1n) is 5.29. The monoisotopic (exact) mass is 203 g/mol. The van der Waals surface area contributed by atoms with E-state index in [0.717, 1.165) is 12.8 Å². The summed E-state index contributed by atoms with van der Waals surface area (Å²) >= 11 is 0. The van der Waals surface area contributed by atoms with E-state index in [1.807, 2.05) is 19.0 Å². The first-order chi connectivity index (χ1) is 6.31. The van der Waals surface area contributed by atoms with E-state index in [1.54, 1.807) is 7.11 Å². The number of rotatable bonds is 6. The summed E-state index contributed by atoms with van der Waals surface area (Å²) in [6.45, 7) is 10.5. The number of ether oxygens (including phenoxy) is 1. The maximum absolute atomic E-state index is 5.80. The highest BCUT2D eigenvalue weighted by Gasteiger charge is 2.30. The number of hydroxylamine groups is 2. The van der Waals surface area contributed by atoms with Gasteiger partial charge >= 0.3 is 0 Å². The lowest BCUT2D eigenvalue weighted by molar-refractivity contribution is -0.348. The van der Waals surface area contributed by atoms with Gasteiger partial charge in [-0.1, -0.05) is 13.8 Å². The summed E-state index contributed by atoms with van der Waals surface area (Å²) in [5.41, 5.74) is 0.0367. The van der Waals surface area contributed by atoms with Crippen LogP contribution in [0.1, 0.15) is 47.5 Å². The van der Waals surface area contributed by atoms with Crippen LogP contribution < -0.4 is 0 Å². The van der Waals surface area contributed by atoms with Crippen LogP contribution >= 0.6 is 0 Å². The summed E-state index contributed by atoms with van der Waals surface area (Å²) in [7, 11) is 3.63. The molecule has 0 aliphatic heterocycles. The molecule has 0 radical (unpaired) electrons. The smallest absolute Gasteiger partial charge is 0.184 e. The van der Waals surface area contributed by atoms with Crippen molar-refractivity contribution in [1.82, 2.24) is 5.06 Å². The molecule has 0 fully saturated rings. The molecule has 0 rings (SSSR count). The molecule has 3 nitrogen and oxygen atoms in total. The third kappa shape index (κ3) is 3.56. The van der Waals surface area contributed by atoms with Crippen molar-refractivity contribution < 1.29 is 9.57 Å². The molecule has 0 saturated carbocycles. The number of hydrogen-bond acceptors (Lipinski definition) is 3. The largest absolute Gasteiger partial charge is 0.352 e. The van der Waals surface area contributed by atoms with Crippen molar-refractivity contribution in [3.8, 4) is 0 Å². The predicted molar refractivity (Wildman–Crippen MR) is 58.9 cm³/mol. The van der Waals surface area contributed by atoms with E-state index in [4.69, 9.17) is 9.57 Å². The molecule has 0 amide bonds. The standard InChI is InChI=1S/C11H25NO2/c1-8-10(3,4)12(6)14-11(5,9-2)13-7/h8-9H2,1-7H3. The predicted octanol–water partition coefficient (Wildman–Crippen LogP) is 2.81. The molecule has 0 aliphatic rings. The van der Waals surface area contributed by atoms with Gasteiger partial charge in [0.15, 0.2) is 5.79 Å². The second-order valence-corrected chi connectivity index (χ2v) is 4.45. The van der Waals surface area contributed by atoms with E-state index in [1.165, 1.54) is 0 Å². The van der Waals surface area contributed by atoms with Gasteiger partial charge in [0.2, 0.25) is 0 Å². The molecule has 0 heterocycles. The first kappa shape index (κ1) is 13.9. The van der Waals surface area contributed by atoms with Gasteiger partial charge in [-0.25, -0.2) is 0 Å². The molecule has 0 N–H and O–H groups in total. The summed E-state index contributed by atoms with van der Waals surface area (Å²) in [5, 5.41) is 1.89. The van der Waals surface area contributed by atoms with Gasteiger partial charge < -0.3 is 4.74 Å². The number of hydrogen-bond donors (Lipinski definition) is 0. The average molecular weight is 203 g/mol. The van der Waals surface area contributed by atoms with Gasteiger partial charge in [-0.2, -0.15) is 5.06 Å². The Hall–Kier alpha value is -0.120. The molecule has 1 unspecified atom stereocenters. The Morgan fingerprint density at radius 2 is 1.57 bits per heavy atom. The highest BCUT2D eigenvalue weighted by atomic mass is 16.8. The zero-order chi connectivity index (χ0) is 11.4. The van der Waals surface area contributed by atoms with Crippen LogP contribution in [-0.2, 0) is 9.57 Å². The second-order valence-electron chi connectivity index (χ2n) is 4.45. The molecule has 0 aromatic heterocycles. The summed E-state index contributed by atoms with van der Waals surface area (Å²) in [6, 6.07) is 0. The van der Waals surface area contributed by atoms with Crippen molar-refractivity contribution in [2.75, 3.05) is 14.2 Å². The molecule has 86 valence electrons. The van der Waals surface area contributed by atoms with Gasteiger partial charge in [-0.3, -0.25) is 4.84 Å². The molecule has 0 saturated heterocycles. The molecule has 0 spiro atoms. The lowest BCUT2D eigenvalue weighted by atomic mass is 10.0. The van der Waals surface area contributed by atoms with Crippen LogP contribution in [0.25, 0.3) is 0 Å². The quantitative estimate of drug-likeness (QED) is 0.489. The molecule has 1 atom stereocenters. The van der Waals surface area contributed by atoms with Gasteiger partial charge in [0.05, 0.1) is 0 Å². The third-order valence-corrected chi connectivity index (χ3v) is 3.12. The Balaban J connectivity index is 4.36. The summed E-state index contributed by atoms with van der Waals surface area (Å²) in [5.74, 6) is -0.513. The summed E-state index contributed by atoms with van der Waals surface area (Å²) in [4.78, 5) is 5.80. The minimum absolute atomic E-state index is 0.0367. The zero-order valence-electron chi connectivity index (χ0n) is 10.7. The van der Waals surface area contributed by atoms with Crippen LogP contribution in [0.2, 0.25) is 0 Å². The zero-order valence-corrected chi connectivity index (χ0v) is 10.7. The van der Waals surface area contributed by atoms with Crippen molar-refractivity contribution in [2.45, 2.75) is 58.8 Å². The van der Waals surface area contributed by atoms with Crippen molar-refractivity contribution in [3.63, 3.8) is 0 Å². The lowest BCUT2D eigenvalue weighted by Gasteiger charge is -2.39. The molecule has 3 heteroatoms. The van der Waals surface area contributed by atoms with Crippen LogP contribution in [0.5, 0.6) is 0 Å². The van der Waals surface area contributed by atoms with E-state index in [0.29, 0.717) is 0 Å². The fourth-order valence-electron chi connectivity index (χ4n) is 0.882. The van der Waals surface area contributed by atoms with Crippen LogP contribution in [-0.4, -0.2) is 30.5 Å². The van der Waals surface area contributed by atoms with E-state index >= 15 is 0 Å². The minimum Gasteiger partial charge on any atom is -0.352 e. The SMILES string of the molecule is CCC(C)(OC)ON(C)C(C)(C)CC. The molecule has 0 aromatic rings. The maximum Gasteiger partial charge on any atom is 0.184 e. The summed E-state index contributed by atoms with van der Waals surface area (Å²) < 4.78 is 5.33. The van der Waals surface area contributed by atoms with Crippen LogP contribution in [0.4, 0.5) is 0 Å². The maximum atomic E-state index is 5.80. The summed E-state index contributed by atoms with van der Waals surface area (Å²) in [6.07, 6.45) is 1.86. The number of nitrogens with zero attached hydrogens (tertiary/aromatic N) is 1. The fourth-order valence-corrected chi connectivity index (χ4v) is 0.882. The van der Waals surface area contributed by atoms with E-state index in [2.05, 4.69) is 27.7 Å². The van der Waals surface area contributed by atoms with Gasteiger partial charge in [0.1, 0.15) is 0 Å². The molecule has 0 aromatic carbocycles. The topological polar surface area (TPSA) is 21.7 Å². The van der Waals surface area contributed by atoms with Crippen LogP contribution in [0.3, 0.4) is 0 Å². The second kappa shape index (κ2) is 5.10. The molecular weight excluding hydrogens is 178 g/mol. The van der Waals surface area contributed by atoms with Gasteiger partial charge in [-0.15, -0.1) is 0 Å². The van der Waals surface area contributed by atoms with Crippen molar-refractivity contribution in [1.29, 1.82) is 0 Å². The lowest BCUT2D eigenvalue weighted by Crippen LogP contribution is -2.47. The normalized spacial score (nSPS) is 17.1. The Morgan fingerprint density at radius 1 is 1.07 bits per heavy atom. The molecular formula is C11H25NO2. The fraction of sp³-hybridized carbons (Fsp3) is 1.00. The average Bonchev–Trinajstić information content (AvgIpc) is 2.17. The first-order valence-corrected chi connectivity index (χ1v) is 5.29. The van der Waals surface area contributed by atoms with Gasteiger partial charge in [0, 0.05) is 19.7 Å². The van der Waals surface area contributed by atoms with E-state index in [9.17, 15) is 0 Å². The third-order valence-electron chi connectivity index (χ3n) is 3.12. The van der Waals surface area contributed by atoms with Crippen LogP contribution in [0.15, 0.2) is 0 Å². The highest BCUT2D eigenvalue weighted by molar-refractivity contribution is 4.73. The van der Waals surface area contributed by atoms with Crippen molar-refractivity contribution in [3.05, 3.63) is 0 Å². The van der Waals surface area contributed by atoms with Crippen LogP contribution in [0, 0.1) is 0 Å². The molecule has 14 heavy (non-hydrogen) atoms. The van der Waals surface area contributed by atoms with Crippen molar-refractivity contribution in [2.24, 2.45) is 0 Å². The Morgan fingerprint density at radius 3 is 1.86 bits per heavy atom. The Kier molecular flexibility index (Phi) is 5.06. The Labute approximate surface area is 88.3 Å². The van der Waals surface area contributed by atoms with E-state index < -0.39 is 5.79 Å². The highest BCUT2D eigenvalue weighted by Crippen LogP contribution is 2.24. The van der Waals surface area contributed by atoms with E-state index in [-0.39, 0.29) is 5.54 Å². The number of methoxy groups -OCH3 is 1. The molecule has 0 bridgehead atoms. The minimum atomic E-state index is -0.513. The Bertz CT molecular complexity index is 165. The van der Waals surface area contributed by atoms with Crippen molar-refractivity contribution >= 4 is 0 Å².